The van der Waals surface area contributed by atoms with Gasteiger partial charge in [0.25, 0.3) is 0 Å². The Hall–Kier alpha value is -0.610. The second kappa shape index (κ2) is 3.70. The van der Waals surface area contributed by atoms with Crippen LogP contribution in [0.1, 0.15) is 40.5 Å². The monoisotopic (exact) mass is 226 g/mol. The van der Waals surface area contributed by atoms with Crippen LogP contribution < -0.4 is 5.32 Å². The van der Waals surface area contributed by atoms with Gasteiger partial charge in [0.2, 0.25) is 5.91 Å². The van der Waals surface area contributed by atoms with Gasteiger partial charge in [0, 0.05) is 6.61 Å². The summed E-state index contributed by atoms with van der Waals surface area (Å²) < 4.78 is 5.65. The number of carbonyl (C=O) groups excluding carboxylic acids is 1. The summed E-state index contributed by atoms with van der Waals surface area (Å²) in [6, 6.07) is 0. The number of hydrogen-bond acceptors (Lipinski definition) is 3. The maximum atomic E-state index is 12.2. The van der Waals surface area contributed by atoms with Gasteiger partial charge in [-0.1, -0.05) is 0 Å². The molecule has 0 aromatic carbocycles. The highest BCUT2D eigenvalue weighted by Gasteiger charge is 2.58. The Kier molecular flexibility index (Phi) is 2.75. The van der Waals surface area contributed by atoms with Crippen LogP contribution in [0.2, 0.25) is 0 Å². The predicted octanol–water partition coefficient (Wildman–Crippen LogP) is 1.11. The van der Waals surface area contributed by atoms with E-state index in [-0.39, 0.29) is 23.2 Å². The van der Waals surface area contributed by atoms with Crippen molar-refractivity contribution in [1.82, 2.24) is 10.2 Å². The molecule has 1 N–H and O–H groups in total. The fourth-order valence-electron chi connectivity index (χ4n) is 2.53. The average Bonchev–Trinajstić information content (AvgIpc) is 2.90. The second-order valence-corrected chi connectivity index (χ2v) is 5.53. The molecule has 1 heterocycles. The summed E-state index contributed by atoms with van der Waals surface area (Å²) in [7, 11) is 0. The molecular formula is C12H22N2O2. The molecule has 0 radical (unpaired) electrons. The molecular weight excluding hydrogens is 204 g/mol. The van der Waals surface area contributed by atoms with Crippen LogP contribution in [0.25, 0.3) is 0 Å². The van der Waals surface area contributed by atoms with Gasteiger partial charge in [0.1, 0.15) is 0 Å². The Balaban J connectivity index is 2.02. The minimum Gasteiger partial charge on any atom is -0.374 e. The number of hydrogen-bond donors (Lipinski definition) is 1. The first-order valence-corrected chi connectivity index (χ1v) is 6.13. The van der Waals surface area contributed by atoms with Crippen LogP contribution in [0.3, 0.4) is 0 Å². The van der Waals surface area contributed by atoms with E-state index in [1.54, 1.807) is 0 Å². The lowest BCUT2D eigenvalue weighted by molar-refractivity contribution is -0.135. The first-order valence-electron chi connectivity index (χ1n) is 6.13. The zero-order chi connectivity index (χ0) is 12.0. The molecule has 1 saturated heterocycles. The van der Waals surface area contributed by atoms with Crippen LogP contribution in [0.4, 0.5) is 0 Å². The zero-order valence-electron chi connectivity index (χ0n) is 10.7. The number of carbonyl (C=O) groups is 1. The van der Waals surface area contributed by atoms with E-state index in [2.05, 4.69) is 5.32 Å². The molecule has 2 rings (SSSR count). The highest BCUT2D eigenvalue weighted by atomic mass is 16.5. The van der Waals surface area contributed by atoms with E-state index in [1.807, 2.05) is 32.6 Å². The number of nitrogens with zero attached hydrogens (tertiary/aromatic N) is 1. The van der Waals surface area contributed by atoms with Crippen molar-refractivity contribution in [2.45, 2.75) is 57.8 Å². The van der Waals surface area contributed by atoms with Gasteiger partial charge in [-0.2, -0.15) is 0 Å². The molecule has 1 amide bonds. The third-order valence-corrected chi connectivity index (χ3v) is 3.46. The lowest BCUT2D eigenvalue weighted by Gasteiger charge is -2.32. The molecule has 4 heteroatoms. The molecule has 1 aliphatic carbocycles. The van der Waals surface area contributed by atoms with Crippen molar-refractivity contribution in [2.24, 2.45) is 0 Å². The standard InChI is InChI=1S/C12H22N2O2/c1-5-16-11(3,4)8-14-9(2)13-12(6-7-12)10(14)15/h9,13H,5-8H2,1-4H3. The summed E-state index contributed by atoms with van der Waals surface area (Å²) in [6.45, 7) is 9.45. The molecule has 1 spiro atoms. The second-order valence-electron chi connectivity index (χ2n) is 5.53. The number of amides is 1. The SMILES string of the molecule is CCOC(C)(C)CN1C(=O)C2(CC2)NC1C. The minimum absolute atomic E-state index is 0.134. The van der Waals surface area contributed by atoms with E-state index in [0.717, 1.165) is 12.8 Å². The van der Waals surface area contributed by atoms with E-state index in [0.29, 0.717) is 13.2 Å². The van der Waals surface area contributed by atoms with Crippen LogP contribution in [-0.4, -0.2) is 41.3 Å². The predicted molar refractivity (Wildman–Crippen MR) is 62.0 cm³/mol. The van der Waals surface area contributed by atoms with Gasteiger partial charge in [0.15, 0.2) is 0 Å². The highest BCUT2D eigenvalue weighted by Crippen LogP contribution is 2.42. The minimum atomic E-state index is -0.263. The van der Waals surface area contributed by atoms with Gasteiger partial charge in [-0.05, 0) is 40.5 Å². The van der Waals surface area contributed by atoms with Crippen molar-refractivity contribution in [3.8, 4) is 0 Å². The Morgan fingerprint density at radius 3 is 2.62 bits per heavy atom. The van der Waals surface area contributed by atoms with Crippen molar-refractivity contribution >= 4 is 5.91 Å². The molecule has 0 bridgehead atoms. The number of ether oxygens (including phenoxy) is 1. The summed E-state index contributed by atoms with van der Waals surface area (Å²) in [5.41, 5.74) is -0.470. The fraction of sp³-hybridized carbons (Fsp3) is 0.917. The molecule has 2 aliphatic rings. The smallest absolute Gasteiger partial charge is 0.244 e. The van der Waals surface area contributed by atoms with Gasteiger partial charge in [-0.25, -0.2) is 0 Å². The van der Waals surface area contributed by atoms with E-state index < -0.39 is 0 Å². The van der Waals surface area contributed by atoms with Gasteiger partial charge in [-0.15, -0.1) is 0 Å². The molecule has 0 aromatic heterocycles. The first kappa shape index (κ1) is 11.9. The summed E-state index contributed by atoms with van der Waals surface area (Å²) in [6.07, 6.45) is 2.11. The lowest BCUT2D eigenvalue weighted by Crippen LogP contribution is -2.45. The Morgan fingerprint density at radius 1 is 1.56 bits per heavy atom. The van der Waals surface area contributed by atoms with Crippen molar-refractivity contribution in [2.75, 3.05) is 13.2 Å². The van der Waals surface area contributed by atoms with Crippen molar-refractivity contribution in [3.63, 3.8) is 0 Å². The maximum absolute atomic E-state index is 12.2. The molecule has 1 saturated carbocycles. The fourth-order valence-corrected chi connectivity index (χ4v) is 2.53. The molecule has 16 heavy (non-hydrogen) atoms. The molecule has 2 fully saturated rings. The van der Waals surface area contributed by atoms with Crippen molar-refractivity contribution in [3.05, 3.63) is 0 Å². The highest BCUT2D eigenvalue weighted by molar-refractivity contribution is 5.91. The summed E-state index contributed by atoms with van der Waals surface area (Å²) in [5, 5.41) is 3.39. The normalized spacial score (nSPS) is 27.9. The van der Waals surface area contributed by atoms with Crippen LogP contribution in [0.5, 0.6) is 0 Å². The van der Waals surface area contributed by atoms with E-state index in [4.69, 9.17) is 4.74 Å². The van der Waals surface area contributed by atoms with Gasteiger partial charge < -0.3 is 9.64 Å². The lowest BCUT2D eigenvalue weighted by atomic mass is 10.1. The quantitative estimate of drug-likeness (QED) is 0.781. The summed E-state index contributed by atoms with van der Waals surface area (Å²) >= 11 is 0. The van der Waals surface area contributed by atoms with Gasteiger partial charge in [0.05, 0.1) is 23.9 Å². The molecule has 0 aromatic rings. The van der Waals surface area contributed by atoms with E-state index >= 15 is 0 Å². The largest absolute Gasteiger partial charge is 0.374 e. The number of rotatable bonds is 4. The Labute approximate surface area is 97.3 Å². The van der Waals surface area contributed by atoms with E-state index in [9.17, 15) is 4.79 Å². The third-order valence-electron chi connectivity index (χ3n) is 3.46. The molecule has 92 valence electrons. The molecule has 1 unspecified atom stereocenters. The number of nitrogens with one attached hydrogen (secondary N) is 1. The zero-order valence-corrected chi connectivity index (χ0v) is 10.7. The van der Waals surface area contributed by atoms with Crippen LogP contribution >= 0.6 is 0 Å². The molecule has 1 atom stereocenters. The molecule has 4 nitrogen and oxygen atoms in total. The van der Waals surface area contributed by atoms with Crippen LogP contribution in [0.15, 0.2) is 0 Å². The van der Waals surface area contributed by atoms with Gasteiger partial charge >= 0.3 is 0 Å². The first-order chi connectivity index (χ1) is 7.40. The third kappa shape index (κ3) is 1.96. The Morgan fingerprint density at radius 2 is 2.19 bits per heavy atom. The molecule has 1 aliphatic heterocycles. The van der Waals surface area contributed by atoms with E-state index in [1.165, 1.54) is 0 Å². The maximum Gasteiger partial charge on any atom is 0.244 e. The van der Waals surface area contributed by atoms with Crippen molar-refractivity contribution < 1.29 is 9.53 Å². The van der Waals surface area contributed by atoms with Crippen LogP contribution in [-0.2, 0) is 9.53 Å². The average molecular weight is 226 g/mol. The topological polar surface area (TPSA) is 41.6 Å². The summed E-state index contributed by atoms with van der Waals surface area (Å²) in [5.74, 6) is 0.257. The van der Waals surface area contributed by atoms with Gasteiger partial charge in [-0.3, -0.25) is 10.1 Å². The summed E-state index contributed by atoms with van der Waals surface area (Å²) in [4.78, 5) is 14.1. The van der Waals surface area contributed by atoms with Crippen molar-refractivity contribution in [1.29, 1.82) is 0 Å². The van der Waals surface area contributed by atoms with Crippen LogP contribution in [0, 0.1) is 0 Å². The Bertz CT molecular complexity index is 297.